The number of nitrogens with two attached hydrogens (primary N) is 1. The van der Waals surface area contributed by atoms with Crippen LogP contribution in [-0.4, -0.2) is 86.0 Å². The summed E-state index contributed by atoms with van der Waals surface area (Å²) in [6.45, 7) is 7.49. The van der Waals surface area contributed by atoms with Crippen molar-refractivity contribution in [1.82, 2.24) is 39.3 Å². The summed E-state index contributed by atoms with van der Waals surface area (Å²) in [7, 11) is 0. The Labute approximate surface area is 212 Å². The van der Waals surface area contributed by atoms with Crippen molar-refractivity contribution in [3.05, 3.63) is 49.0 Å². The van der Waals surface area contributed by atoms with Gasteiger partial charge < -0.3 is 29.7 Å². The number of furan rings is 1. The number of nitrogens with one attached hydrogen (secondary N) is 1. The number of aromatic nitrogens is 6. The molecule has 5 aromatic rings. The Morgan fingerprint density at radius 2 is 1.84 bits per heavy atom. The number of hydrogen-bond acceptors (Lipinski definition) is 10. The minimum absolute atomic E-state index is 0.268. The third-order valence-corrected chi connectivity index (χ3v) is 7.09. The number of imidazole rings is 1. The van der Waals surface area contributed by atoms with E-state index in [4.69, 9.17) is 14.9 Å². The normalized spacial score (nSPS) is 17.0. The summed E-state index contributed by atoms with van der Waals surface area (Å²) in [4.78, 5) is 18.7. The highest BCUT2D eigenvalue weighted by Crippen LogP contribution is 2.24. The quantitative estimate of drug-likeness (QED) is 0.339. The fourth-order valence-electron chi connectivity index (χ4n) is 4.86. The maximum Gasteiger partial charge on any atom is 0.225 e. The van der Waals surface area contributed by atoms with Crippen LogP contribution in [0, 0.1) is 0 Å². The number of benzene rings is 1. The van der Waals surface area contributed by atoms with Crippen LogP contribution < -0.4 is 20.7 Å². The largest absolute Gasteiger partial charge is 0.488 e. The molecule has 190 valence electrons. The van der Waals surface area contributed by atoms with Crippen LogP contribution in [0.3, 0.4) is 0 Å². The van der Waals surface area contributed by atoms with Gasteiger partial charge in [-0.05, 0) is 36.4 Å². The van der Waals surface area contributed by atoms with Gasteiger partial charge in [0.2, 0.25) is 11.8 Å². The zero-order chi connectivity index (χ0) is 24.8. The van der Waals surface area contributed by atoms with Crippen LogP contribution in [0.5, 0.6) is 5.75 Å². The van der Waals surface area contributed by atoms with Gasteiger partial charge in [-0.3, -0.25) is 4.90 Å². The van der Waals surface area contributed by atoms with Crippen LogP contribution in [-0.2, 0) is 6.54 Å². The Hall–Kier alpha value is -4.16. The first kappa shape index (κ1) is 22.1. The second-order valence-electron chi connectivity index (χ2n) is 9.45. The molecule has 0 spiro atoms. The molecule has 0 bridgehead atoms. The second kappa shape index (κ2) is 9.05. The van der Waals surface area contributed by atoms with Crippen LogP contribution in [0.25, 0.3) is 28.4 Å². The number of ether oxygens (including phenoxy) is 1. The Morgan fingerprint density at radius 3 is 2.57 bits per heavy atom. The lowest BCUT2D eigenvalue weighted by molar-refractivity contribution is 0.142. The first-order valence-electron chi connectivity index (χ1n) is 12.6. The molecule has 0 aliphatic carbocycles. The molecule has 0 saturated carbocycles. The van der Waals surface area contributed by atoms with Crippen LogP contribution >= 0.6 is 0 Å². The number of anilines is 2. The number of nitrogen functional groups attached to an aromatic ring is 1. The maximum atomic E-state index is 6.22. The molecule has 0 amide bonds. The van der Waals surface area contributed by atoms with Gasteiger partial charge in [-0.25, -0.2) is 9.97 Å². The Balaban J connectivity index is 0.995. The SMILES string of the molecule is Nc1nc2c(ncn2CCN2CCN(c3ccc(OC4CNC4)cc3)CC2)c2nc(-c3ccco3)nn12. The topological polar surface area (TPSA) is 128 Å². The molecule has 0 radical (unpaired) electrons. The number of fused-ring (bicyclic) bond motifs is 3. The average Bonchev–Trinajstić information content (AvgIpc) is 3.66. The molecular weight excluding hydrogens is 472 g/mol. The smallest absolute Gasteiger partial charge is 0.225 e. The van der Waals surface area contributed by atoms with Gasteiger partial charge in [0, 0.05) is 58.0 Å². The molecule has 2 aliphatic heterocycles. The second-order valence-corrected chi connectivity index (χ2v) is 9.45. The first-order chi connectivity index (χ1) is 18.2. The van der Waals surface area contributed by atoms with E-state index >= 15 is 0 Å². The van der Waals surface area contributed by atoms with E-state index in [-0.39, 0.29) is 5.95 Å². The van der Waals surface area contributed by atoms with Crippen molar-refractivity contribution >= 4 is 28.4 Å². The summed E-state index contributed by atoms with van der Waals surface area (Å²) in [6.07, 6.45) is 3.69. The molecule has 0 unspecified atom stereocenters. The van der Waals surface area contributed by atoms with E-state index in [0.29, 0.717) is 34.5 Å². The molecule has 2 fully saturated rings. The maximum absolute atomic E-state index is 6.22. The Morgan fingerprint density at radius 1 is 1.00 bits per heavy atom. The van der Waals surface area contributed by atoms with Crippen molar-refractivity contribution in [3.8, 4) is 17.3 Å². The highest BCUT2D eigenvalue weighted by Gasteiger charge is 2.21. The van der Waals surface area contributed by atoms with E-state index in [1.165, 1.54) is 10.2 Å². The standard InChI is InChI=1S/C25H28N10O2/c26-25-30-23-21(24-29-22(31-35(24)25)20-2-1-13-36-20)28-16-34(23)12-9-32-7-10-33(11-8-32)17-3-5-18(6-4-17)37-19-14-27-15-19/h1-6,13,16,19,27H,7-12,14-15H2,(H2,26,30). The third kappa shape index (κ3) is 4.13. The van der Waals surface area contributed by atoms with E-state index < -0.39 is 0 Å². The lowest BCUT2D eigenvalue weighted by Crippen LogP contribution is -2.50. The first-order valence-corrected chi connectivity index (χ1v) is 12.6. The van der Waals surface area contributed by atoms with Gasteiger partial charge in [0.15, 0.2) is 22.6 Å². The molecule has 4 aromatic heterocycles. The molecule has 3 N–H and O–H groups in total. The minimum atomic E-state index is 0.268. The van der Waals surface area contributed by atoms with Crippen molar-refractivity contribution in [2.75, 3.05) is 56.4 Å². The fraction of sp³-hybridized carbons (Fsp3) is 0.360. The van der Waals surface area contributed by atoms with E-state index in [1.807, 2.05) is 10.6 Å². The molecule has 12 nitrogen and oxygen atoms in total. The van der Waals surface area contributed by atoms with Crippen molar-refractivity contribution in [1.29, 1.82) is 0 Å². The van der Waals surface area contributed by atoms with Crippen molar-refractivity contribution in [3.63, 3.8) is 0 Å². The molecule has 12 heteroatoms. The number of rotatable bonds is 7. The molecule has 1 aromatic carbocycles. The summed E-state index contributed by atoms with van der Waals surface area (Å²) in [5.74, 6) is 2.24. The number of piperazine rings is 1. The zero-order valence-corrected chi connectivity index (χ0v) is 20.3. The van der Waals surface area contributed by atoms with Gasteiger partial charge in [0.25, 0.3) is 0 Å². The molecule has 37 heavy (non-hydrogen) atoms. The highest BCUT2D eigenvalue weighted by atomic mass is 16.5. The lowest BCUT2D eigenvalue weighted by atomic mass is 10.2. The van der Waals surface area contributed by atoms with Crippen molar-refractivity contribution < 1.29 is 9.15 Å². The molecule has 2 aliphatic rings. The molecular formula is C25H28N10O2. The lowest BCUT2D eigenvalue weighted by Gasteiger charge is -2.36. The van der Waals surface area contributed by atoms with E-state index in [2.05, 4.69) is 59.4 Å². The minimum Gasteiger partial charge on any atom is -0.488 e. The van der Waals surface area contributed by atoms with Crippen molar-refractivity contribution in [2.45, 2.75) is 12.6 Å². The van der Waals surface area contributed by atoms with E-state index in [9.17, 15) is 0 Å². The summed E-state index contributed by atoms with van der Waals surface area (Å²) < 4.78 is 14.9. The summed E-state index contributed by atoms with van der Waals surface area (Å²) in [5.41, 5.74) is 9.41. The number of nitrogens with zero attached hydrogens (tertiary/aromatic N) is 8. The molecule has 7 rings (SSSR count). The van der Waals surface area contributed by atoms with Crippen molar-refractivity contribution in [2.24, 2.45) is 0 Å². The fourth-order valence-corrected chi connectivity index (χ4v) is 4.86. The molecule has 2 saturated heterocycles. The Kier molecular flexibility index (Phi) is 5.40. The van der Waals surface area contributed by atoms with E-state index in [1.54, 1.807) is 18.7 Å². The van der Waals surface area contributed by atoms with Crippen LogP contribution in [0.4, 0.5) is 11.6 Å². The summed E-state index contributed by atoms with van der Waals surface area (Å²) >= 11 is 0. The Bertz CT molecular complexity index is 1510. The van der Waals surface area contributed by atoms with Gasteiger partial charge in [0.1, 0.15) is 11.9 Å². The third-order valence-electron chi connectivity index (χ3n) is 7.09. The molecule has 6 heterocycles. The summed E-state index contributed by atoms with van der Waals surface area (Å²) in [5, 5.41) is 7.67. The van der Waals surface area contributed by atoms with Crippen LogP contribution in [0.1, 0.15) is 0 Å². The van der Waals surface area contributed by atoms with Gasteiger partial charge in [-0.15, -0.1) is 5.10 Å². The van der Waals surface area contributed by atoms with Gasteiger partial charge in [-0.1, -0.05) is 0 Å². The zero-order valence-electron chi connectivity index (χ0n) is 20.3. The predicted octanol–water partition coefficient (Wildman–Crippen LogP) is 1.49. The predicted molar refractivity (Wildman–Crippen MR) is 139 cm³/mol. The van der Waals surface area contributed by atoms with Gasteiger partial charge in [-0.2, -0.15) is 9.50 Å². The van der Waals surface area contributed by atoms with Crippen LogP contribution in [0.2, 0.25) is 0 Å². The summed E-state index contributed by atoms with van der Waals surface area (Å²) in [6, 6.07) is 12.1. The highest BCUT2D eigenvalue weighted by molar-refractivity contribution is 5.87. The number of hydrogen-bond donors (Lipinski definition) is 2. The van der Waals surface area contributed by atoms with Gasteiger partial charge in [0.05, 0.1) is 12.6 Å². The van der Waals surface area contributed by atoms with Crippen LogP contribution in [0.15, 0.2) is 53.4 Å². The van der Waals surface area contributed by atoms with Gasteiger partial charge >= 0.3 is 0 Å². The average molecular weight is 501 g/mol. The monoisotopic (exact) mass is 500 g/mol. The van der Waals surface area contributed by atoms with E-state index in [0.717, 1.165) is 58.1 Å². The molecule has 0 atom stereocenters.